The first-order chi connectivity index (χ1) is 11.4. The van der Waals surface area contributed by atoms with E-state index in [0.717, 1.165) is 0 Å². The van der Waals surface area contributed by atoms with Crippen LogP contribution in [0.3, 0.4) is 0 Å². The molecule has 0 aliphatic carbocycles. The molecule has 0 amide bonds. The average molecular weight is 400 g/mol. The van der Waals surface area contributed by atoms with Crippen molar-refractivity contribution >= 4 is 38.9 Å². The molecule has 0 bridgehead atoms. The first kappa shape index (κ1) is 19.8. The van der Waals surface area contributed by atoms with Crippen LogP contribution < -0.4 is 0 Å². The Bertz CT molecular complexity index is 638. The predicted octanol–water partition coefficient (Wildman–Crippen LogP) is 3.61. The zero-order valence-electron chi connectivity index (χ0n) is 13.4. The summed E-state index contributed by atoms with van der Waals surface area (Å²) in [4.78, 5) is 34.2. The monoisotopic (exact) mass is 399 g/mol. The van der Waals surface area contributed by atoms with Crippen LogP contribution in [0.15, 0.2) is 30.2 Å². The van der Waals surface area contributed by atoms with Gasteiger partial charge in [0.15, 0.2) is 5.78 Å². The number of ketones is 1. The van der Waals surface area contributed by atoms with E-state index >= 15 is 0 Å². The van der Waals surface area contributed by atoms with Gasteiger partial charge in [-0.1, -0.05) is 29.8 Å². The van der Waals surface area contributed by atoms with Crippen molar-refractivity contribution in [2.75, 3.05) is 11.9 Å². The molecule has 0 atom stereocenters. The van der Waals surface area contributed by atoms with Crippen molar-refractivity contribution in [1.29, 1.82) is 0 Å². The van der Waals surface area contributed by atoms with E-state index in [1.807, 2.05) is 0 Å². The number of nitrogens with zero attached hydrogens (tertiary/aromatic N) is 1. The molecule has 0 saturated heterocycles. The summed E-state index contributed by atoms with van der Waals surface area (Å²) < 4.78 is 10.6. The Labute approximate surface area is 147 Å². The number of ether oxygens (including phenoxy) is 2. The van der Waals surface area contributed by atoms with Crippen molar-refractivity contribution in [3.63, 3.8) is 0 Å². The van der Waals surface area contributed by atoms with Gasteiger partial charge in [0.2, 0.25) is 0 Å². The lowest BCUT2D eigenvalue weighted by molar-refractivity contribution is -0.384. The van der Waals surface area contributed by atoms with E-state index in [4.69, 9.17) is 9.47 Å². The molecule has 130 valence electrons. The SMILES string of the molecule is CCC(=O)OC(OCCBr)=C(C(=O)CC)c1ccc([N+](=O)[O-])cc1. The second-order valence-corrected chi connectivity index (χ2v) is 5.40. The largest absolute Gasteiger partial charge is 0.464 e. The minimum Gasteiger partial charge on any atom is -0.464 e. The fraction of sp³-hybridized carbons (Fsp3) is 0.375. The number of alkyl halides is 1. The first-order valence-corrected chi connectivity index (χ1v) is 8.48. The van der Waals surface area contributed by atoms with E-state index in [2.05, 4.69) is 15.9 Å². The molecule has 1 aromatic carbocycles. The van der Waals surface area contributed by atoms with Gasteiger partial charge in [0.25, 0.3) is 11.6 Å². The third kappa shape index (κ3) is 5.45. The molecular formula is C16H18BrNO6. The molecule has 0 spiro atoms. The molecule has 0 unspecified atom stereocenters. The standard InChI is InChI=1S/C16H18BrNO6/c1-3-13(19)15(11-5-7-12(8-6-11)18(21)22)16(23-10-9-17)24-14(20)4-2/h5-8H,3-4,9-10H2,1-2H3. The van der Waals surface area contributed by atoms with Gasteiger partial charge in [0.05, 0.1) is 4.92 Å². The van der Waals surface area contributed by atoms with Gasteiger partial charge in [-0.05, 0) is 17.7 Å². The van der Waals surface area contributed by atoms with Gasteiger partial charge in [-0.3, -0.25) is 19.7 Å². The number of hydrogen-bond donors (Lipinski definition) is 0. The lowest BCUT2D eigenvalue weighted by Gasteiger charge is -2.14. The Balaban J connectivity index is 3.38. The highest BCUT2D eigenvalue weighted by Gasteiger charge is 2.22. The summed E-state index contributed by atoms with van der Waals surface area (Å²) in [6, 6.07) is 5.42. The van der Waals surface area contributed by atoms with Crippen LogP contribution in [0.5, 0.6) is 0 Å². The number of halogens is 1. The summed E-state index contributed by atoms with van der Waals surface area (Å²) in [5.74, 6) is -1.01. The fourth-order valence-electron chi connectivity index (χ4n) is 1.78. The van der Waals surface area contributed by atoms with Crippen LogP contribution in [0.25, 0.3) is 5.57 Å². The van der Waals surface area contributed by atoms with Crippen molar-refractivity contribution in [2.45, 2.75) is 26.7 Å². The van der Waals surface area contributed by atoms with Crippen LogP contribution in [0.1, 0.15) is 32.3 Å². The molecule has 1 rings (SSSR count). The van der Waals surface area contributed by atoms with Gasteiger partial charge >= 0.3 is 5.97 Å². The number of carbonyl (C=O) groups excluding carboxylic acids is 2. The summed E-state index contributed by atoms with van der Waals surface area (Å²) in [7, 11) is 0. The Hall–Kier alpha value is -2.22. The first-order valence-electron chi connectivity index (χ1n) is 7.36. The van der Waals surface area contributed by atoms with Crippen LogP contribution in [-0.4, -0.2) is 28.6 Å². The second-order valence-electron chi connectivity index (χ2n) is 4.61. The van der Waals surface area contributed by atoms with Crippen molar-refractivity contribution < 1.29 is 24.0 Å². The maximum Gasteiger partial charge on any atom is 0.313 e. The van der Waals surface area contributed by atoms with Crippen molar-refractivity contribution in [3.8, 4) is 0 Å². The van der Waals surface area contributed by atoms with Gasteiger partial charge in [-0.2, -0.15) is 0 Å². The Kier molecular flexibility index (Phi) is 8.11. The number of nitro benzene ring substituents is 1. The van der Waals surface area contributed by atoms with Crippen LogP contribution in [0.4, 0.5) is 5.69 Å². The average Bonchev–Trinajstić information content (AvgIpc) is 2.59. The third-order valence-corrected chi connectivity index (χ3v) is 3.30. The Morgan fingerprint density at radius 1 is 1.17 bits per heavy atom. The normalized spacial score (nSPS) is 11.5. The molecule has 0 N–H and O–H groups in total. The molecule has 24 heavy (non-hydrogen) atoms. The molecular weight excluding hydrogens is 382 g/mol. The van der Waals surface area contributed by atoms with E-state index in [1.54, 1.807) is 13.8 Å². The van der Waals surface area contributed by atoms with Gasteiger partial charge in [0.1, 0.15) is 12.2 Å². The van der Waals surface area contributed by atoms with Gasteiger partial charge in [-0.15, -0.1) is 0 Å². The molecule has 0 aromatic heterocycles. The number of esters is 1. The molecule has 0 radical (unpaired) electrons. The maximum absolute atomic E-state index is 12.3. The summed E-state index contributed by atoms with van der Waals surface area (Å²) >= 11 is 3.20. The number of nitro groups is 1. The topological polar surface area (TPSA) is 95.7 Å². The van der Waals surface area contributed by atoms with Gasteiger partial charge in [-0.25, -0.2) is 0 Å². The van der Waals surface area contributed by atoms with E-state index < -0.39 is 10.9 Å². The van der Waals surface area contributed by atoms with E-state index in [1.165, 1.54) is 24.3 Å². The van der Waals surface area contributed by atoms with Gasteiger partial charge in [0, 0.05) is 30.3 Å². The summed E-state index contributed by atoms with van der Waals surface area (Å²) in [5, 5.41) is 11.2. The fourth-order valence-corrected chi connectivity index (χ4v) is 1.94. The molecule has 7 nitrogen and oxygen atoms in total. The lowest BCUT2D eigenvalue weighted by Crippen LogP contribution is -2.13. The quantitative estimate of drug-likeness (QED) is 0.157. The van der Waals surface area contributed by atoms with E-state index in [9.17, 15) is 19.7 Å². The minimum absolute atomic E-state index is 0.0927. The summed E-state index contributed by atoms with van der Waals surface area (Å²) in [5.41, 5.74) is 0.381. The summed E-state index contributed by atoms with van der Waals surface area (Å²) in [6.45, 7) is 3.48. The van der Waals surface area contributed by atoms with E-state index in [-0.39, 0.29) is 42.4 Å². The number of Topliss-reactive ketones (excluding diaryl/α,β-unsaturated/α-hetero) is 1. The zero-order valence-corrected chi connectivity index (χ0v) is 15.0. The number of carbonyl (C=O) groups is 2. The molecule has 0 aliphatic rings. The van der Waals surface area contributed by atoms with Crippen molar-refractivity contribution in [1.82, 2.24) is 0 Å². The Morgan fingerprint density at radius 3 is 2.25 bits per heavy atom. The second kappa shape index (κ2) is 9.82. The number of rotatable bonds is 9. The number of hydrogen-bond acceptors (Lipinski definition) is 6. The van der Waals surface area contributed by atoms with Gasteiger partial charge < -0.3 is 9.47 Å². The molecule has 0 heterocycles. The highest BCUT2D eigenvalue weighted by molar-refractivity contribution is 9.09. The lowest BCUT2D eigenvalue weighted by atomic mass is 10.0. The van der Waals surface area contributed by atoms with Crippen LogP contribution in [-0.2, 0) is 19.1 Å². The smallest absolute Gasteiger partial charge is 0.313 e. The predicted molar refractivity (Wildman–Crippen MR) is 91.4 cm³/mol. The van der Waals surface area contributed by atoms with Crippen LogP contribution in [0.2, 0.25) is 0 Å². The number of benzene rings is 1. The zero-order chi connectivity index (χ0) is 18.1. The minimum atomic E-state index is -0.539. The number of non-ortho nitro benzene ring substituents is 1. The molecule has 0 fully saturated rings. The summed E-state index contributed by atoms with van der Waals surface area (Å²) in [6.07, 6.45) is 0.284. The van der Waals surface area contributed by atoms with E-state index in [0.29, 0.717) is 10.9 Å². The molecule has 0 aliphatic heterocycles. The molecule has 0 saturated carbocycles. The molecule has 1 aromatic rings. The van der Waals surface area contributed by atoms with Crippen LogP contribution >= 0.6 is 15.9 Å². The van der Waals surface area contributed by atoms with Crippen molar-refractivity contribution in [2.24, 2.45) is 0 Å². The maximum atomic E-state index is 12.3. The highest BCUT2D eigenvalue weighted by atomic mass is 79.9. The number of allylic oxidation sites excluding steroid dienone is 1. The molecule has 8 heteroatoms. The Morgan fingerprint density at radius 2 is 1.79 bits per heavy atom. The van der Waals surface area contributed by atoms with Crippen LogP contribution in [0, 0.1) is 10.1 Å². The third-order valence-electron chi connectivity index (χ3n) is 2.98. The van der Waals surface area contributed by atoms with Crippen molar-refractivity contribution in [3.05, 3.63) is 45.9 Å². The highest BCUT2D eigenvalue weighted by Crippen LogP contribution is 2.25.